The lowest BCUT2D eigenvalue weighted by Gasteiger charge is -2.36. The number of carbonyl (C=O) groups excluding carboxylic acids is 3. The fraction of sp³-hybridized carbons (Fsp3) is 0.375. The number of hydrazine groups is 1. The minimum Gasteiger partial charge on any atom is -0.394 e. The Morgan fingerprint density at radius 1 is 1.16 bits per heavy atom. The molecule has 0 aliphatic carbocycles. The molecule has 0 bridgehead atoms. The molecule has 2 aliphatic heterocycles. The van der Waals surface area contributed by atoms with Crippen molar-refractivity contribution in [3.8, 4) is 0 Å². The molecule has 2 aliphatic rings. The third-order valence-electron chi connectivity index (χ3n) is 6.30. The zero-order valence-corrected chi connectivity index (χ0v) is 18.1. The van der Waals surface area contributed by atoms with Gasteiger partial charge in [0.25, 0.3) is 11.8 Å². The van der Waals surface area contributed by atoms with Gasteiger partial charge in [-0.3, -0.25) is 19.9 Å². The van der Waals surface area contributed by atoms with Crippen molar-refractivity contribution in [3.63, 3.8) is 0 Å². The van der Waals surface area contributed by atoms with Crippen LogP contribution in [-0.4, -0.2) is 58.1 Å². The molecule has 0 saturated carbocycles. The number of benzene rings is 2. The maximum atomic E-state index is 12.9. The quantitative estimate of drug-likeness (QED) is 0.572. The number of hydrogen-bond donors (Lipinski definition) is 3. The van der Waals surface area contributed by atoms with Crippen LogP contribution in [0.1, 0.15) is 36.1 Å². The van der Waals surface area contributed by atoms with Gasteiger partial charge >= 0.3 is 6.03 Å². The lowest BCUT2D eigenvalue weighted by molar-refractivity contribution is -0.139. The first-order valence-corrected chi connectivity index (χ1v) is 10.8. The molecular formula is C24H28N4O4. The van der Waals surface area contributed by atoms with E-state index in [0.29, 0.717) is 19.4 Å². The molecule has 2 aromatic carbocycles. The largest absolute Gasteiger partial charge is 0.394 e. The fourth-order valence-corrected chi connectivity index (χ4v) is 4.45. The monoisotopic (exact) mass is 436 g/mol. The van der Waals surface area contributed by atoms with Crippen LogP contribution >= 0.6 is 0 Å². The van der Waals surface area contributed by atoms with Gasteiger partial charge in [0.05, 0.1) is 19.2 Å². The van der Waals surface area contributed by atoms with E-state index < -0.39 is 23.4 Å². The Balaban J connectivity index is 1.38. The van der Waals surface area contributed by atoms with Crippen molar-refractivity contribution in [1.82, 2.24) is 20.7 Å². The van der Waals surface area contributed by atoms with Crippen LogP contribution < -0.4 is 10.7 Å². The first-order valence-electron chi connectivity index (χ1n) is 10.8. The third kappa shape index (κ3) is 4.37. The Bertz CT molecular complexity index is 1010. The summed E-state index contributed by atoms with van der Waals surface area (Å²) in [6, 6.07) is 16.6. The highest BCUT2D eigenvalue weighted by atomic mass is 16.3. The van der Waals surface area contributed by atoms with E-state index >= 15 is 0 Å². The van der Waals surface area contributed by atoms with Crippen molar-refractivity contribution in [2.45, 2.75) is 37.8 Å². The van der Waals surface area contributed by atoms with Crippen LogP contribution in [0.15, 0.2) is 54.6 Å². The van der Waals surface area contributed by atoms with Gasteiger partial charge in [-0.2, -0.15) is 5.01 Å². The van der Waals surface area contributed by atoms with Crippen LogP contribution in [0.5, 0.6) is 0 Å². The highest BCUT2D eigenvalue weighted by Gasteiger charge is 2.48. The topological polar surface area (TPSA) is 102 Å². The molecule has 168 valence electrons. The third-order valence-corrected chi connectivity index (χ3v) is 6.30. The second kappa shape index (κ2) is 9.10. The van der Waals surface area contributed by atoms with E-state index in [1.54, 1.807) is 6.92 Å². The average Bonchev–Trinajstić information content (AvgIpc) is 3.01. The van der Waals surface area contributed by atoms with Gasteiger partial charge in [0.15, 0.2) is 0 Å². The second-order valence-corrected chi connectivity index (χ2v) is 8.54. The molecule has 32 heavy (non-hydrogen) atoms. The Hall–Kier alpha value is -3.23. The molecule has 2 heterocycles. The van der Waals surface area contributed by atoms with Crippen molar-refractivity contribution in [3.05, 3.63) is 71.3 Å². The van der Waals surface area contributed by atoms with Crippen LogP contribution in [0.2, 0.25) is 0 Å². The van der Waals surface area contributed by atoms with Crippen LogP contribution in [0.25, 0.3) is 0 Å². The van der Waals surface area contributed by atoms with Crippen molar-refractivity contribution in [1.29, 1.82) is 0 Å². The first-order chi connectivity index (χ1) is 15.4. The normalized spacial score (nSPS) is 23.1. The van der Waals surface area contributed by atoms with Gasteiger partial charge in [-0.05, 0) is 42.9 Å². The zero-order chi connectivity index (χ0) is 22.7. The maximum Gasteiger partial charge on any atom is 0.344 e. The number of fused-ring (bicyclic) bond motifs is 1. The molecule has 4 amide bonds. The molecule has 2 atom stereocenters. The van der Waals surface area contributed by atoms with Gasteiger partial charge < -0.3 is 10.4 Å². The number of hydrogen-bond acceptors (Lipinski definition) is 5. The van der Waals surface area contributed by atoms with Crippen LogP contribution in [-0.2, 0) is 22.4 Å². The van der Waals surface area contributed by atoms with Crippen LogP contribution in [0.4, 0.5) is 4.79 Å². The summed E-state index contributed by atoms with van der Waals surface area (Å²) in [5.74, 6) is -0.951. The molecule has 3 N–H and O–H groups in total. The zero-order valence-electron chi connectivity index (χ0n) is 18.1. The van der Waals surface area contributed by atoms with E-state index in [1.807, 2.05) is 59.5 Å². The van der Waals surface area contributed by atoms with Gasteiger partial charge in [-0.25, -0.2) is 4.79 Å². The van der Waals surface area contributed by atoms with Gasteiger partial charge in [-0.1, -0.05) is 54.6 Å². The molecule has 4 rings (SSSR count). The highest BCUT2D eigenvalue weighted by Crippen LogP contribution is 2.29. The highest BCUT2D eigenvalue weighted by molar-refractivity contribution is 6.07. The number of amides is 4. The summed E-state index contributed by atoms with van der Waals surface area (Å²) in [5.41, 5.74) is 4.60. The predicted molar refractivity (Wildman–Crippen MR) is 118 cm³/mol. The van der Waals surface area contributed by atoms with Crippen molar-refractivity contribution in [2.75, 3.05) is 19.7 Å². The van der Waals surface area contributed by atoms with E-state index in [1.165, 1.54) is 0 Å². The number of carbonyl (C=O) groups is 3. The molecule has 1 fully saturated rings. The molecule has 2 aromatic rings. The average molecular weight is 437 g/mol. The molecule has 8 nitrogen and oxygen atoms in total. The molecule has 0 spiro atoms. The van der Waals surface area contributed by atoms with Crippen molar-refractivity contribution < 1.29 is 19.5 Å². The number of nitrogens with zero attached hydrogens (tertiary/aromatic N) is 2. The summed E-state index contributed by atoms with van der Waals surface area (Å²) >= 11 is 0. The lowest BCUT2D eigenvalue weighted by atomic mass is 9.93. The number of nitrogens with one attached hydrogen (secondary N) is 2. The second-order valence-electron chi connectivity index (χ2n) is 8.54. The smallest absolute Gasteiger partial charge is 0.344 e. The van der Waals surface area contributed by atoms with Gasteiger partial charge in [0.2, 0.25) is 0 Å². The standard InChI is InChI=1S/C24H28N4O4/c1-24(13-11-17-7-3-2-4-8-17)22(31)28(23(32)25-24)26-21(30)15-27-14-12-18-9-5-6-10-19(18)20(27)16-29/h2-10,20,29H,11-16H2,1H3,(H,25,32)(H,26,30)/t20-,24+/m1/s1. The number of imide groups is 1. The summed E-state index contributed by atoms with van der Waals surface area (Å²) in [7, 11) is 0. The van der Waals surface area contributed by atoms with Gasteiger partial charge in [-0.15, -0.1) is 0 Å². The number of urea groups is 1. The minimum atomic E-state index is -1.09. The van der Waals surface area contributed by atoms with Crippen molar-refractivity contribution in [2.24, 2.45) is 0 Å². The molecule has 0 aromatic heterocycles. The molecule has 1 saturated heterocycles. The first kappa shape index (κ1) is 22.0. The number of aliphatic hydroxyl groups excluding tert-OH is 1. The summed E-state index contributed by atoms with van der Waals surface area (Å²) in [5, 5.41) is 13.4. The molecular weight excluding hydrogens is 408 g/mol. The SMILES string of the molecule is C[C@@]1(CCc2ccccc2)NC(=O)N(NC(=O)CN2CCc3ccccc3[C@H]2CO)C1=O. The number of aryl methyl sites for hydroxylation is 1. The van der Waals surface area contributed by atoms with Gasteiger partial charge in [0.1, 0.15) is 5.54 Å². The van der Waals surface area contributed by atoms with E-state index in [2.05, 4.69) is 10.7 Å². The molecule has 0 radical (unpaired) electrons. The van der Waals surface area contributed by atoms with E-state index in [4.69, 9.17) is 0 Å². The van der Waals surface area contributed by atoms with E-state index in [9.17, 15) is 19.5 Å². The van der Waals surface area contributed by atoms with Crippen LogP contribution in [0.3, 0.4) is 0 Å². The van der Waals surface area contributed by atoms with E-state index in [-0.39, 0.29) is 19.2 Å². The summed E-state index contributed by atoms with van der Waals surface area (Å²) in [4.78, 5) is 40.0. The Morgan fingerprint density at radius 2 is 1.88 bits per heavy atom. The van der Waals surface area contributed by atoms with Gasteiger partial charge in [0, 0.05) is 6.54 Å². The lowest BCUT2D eigenvalue weighted by Crippen LogP contribution is -2.52. The number of aliphatic hydroxyl groups is 1. The summed E-state index contributed by atoms with van der Waals surface area (Å²) in [6.45, 7) is 2.12. The Kier molecular flexibility index (Phi) is 6.25. The Morgan fingerprint density at radius 3 is 2.62 bits per heavy atom. The number of rotatable bonds is 7. The molecule has 8 heteroatoms. The summed E-state index contributed by atoms with van der Waals surface area (Å²) in [6.07, 6.45) is 1.81. The fourth-order valence-electron chi connectivity index (χ4n) is 4.45. The van der Waals surface area contributed by atoms with E-state index in [0.717, 1.165) is 28.1 Å². The van der Waals surface area contributed by atoms with Crippen LogP contribution in [0, 0.1) is 0 Å². The predicted octanol–water partition coefficient (Wildman–Crippen LogP) is 1.55. The Labute approximate surface area is 187 Å². The maximum absolute atomic E-state index is 12.9. The van der Waals surface area contributed by atoms with Crippen molar-refractivity contribution >= 4 is 17.8 Å². The summed E-state index contributed by atoms with van der Waals surface area (Å²) < 4.78 is 0. The molecule has 0 unspecified atom stereocenters. The minimum absolute atomic E-state index is 0.0304.